The molecule has 0 aliphatic heterocycles. The van der Waals surface area contributed by atoms with Gasteiger partial charge in [-0.25, -0.2) is 0 Å². The maximum absolute atomic E-state index is 6.27. The normalized spacial score (nSPS) is 11.2. The van der Waals surface area contributed by atoms with Gasteiger partial charge in [0.1, 0.15) is 12.1 Å². The predicted octanol–water partition coefficient (Wildman–Crippen LogP) is 6.79. The lowest BCUT2D eigenvalue weighted by atomic mass is 9.99. The van der Waals surface area contributed by atoms with Gasteiger partial charge in [-0.05, 0) is 59.0 Å². The van der Waals surface area contributed by atoms with E-state index in [9.17, 15) is 0 Å². The number of nitrogens with zero attached hydrogens (tertiary/aromatic N) is 5. The largest absolute Gasteiger partial charge is 0.329 e. The van der Waals surface area contributed by atoms with Crippen LogP contribution in [-0.4, -0.2) is 26.6 Å². The standard InChI is InChI=1S/C26H22ClN5/c1-4-17(2)18-8-10-19(11-9-18)20-6-5-7-22(14-20)31(3)25-23-13-12-21(27)15-24(23)32-16-28-30-26(32)29-25/h5-16H,2,4H2,1,3H3. The molecule has 2 aromatic heterocycles. The van der Waals surface area contributed by atoms with Gasteiger partial charge in [-0.2, -0.15) is 4.98 Å². The first kappa shape index (κ1) is 20.2. The van der Waals surface area contributed by atoms with E-state index >= 15 is 0 Å². The van der Waals surface area contributed by atoms with Crippen LogP contribution in [0.5, 0.6) is 0 Å². The molecule has 0 N–H and O–H groups in total. The highest BCUT2D eigenvalue weighted by Crippen LogP contribution is 2.33. The zero-order valence-electron chi connectivity index (χ0n) is 18.0. The molecule has 0 atom stereocenters. The zero-order valence-corrected chi connectivity index (χ0v) is 18.7. The van der Waals surface area contributed by atoms with Crippen molar-refractivity contribution in [1.29, 1.82) is 0 Å². The van der Waals surface area contributed by atoms with E-state index in [2.05, 4.69) is 77.1 Å². The van der Waals surface area contributed by atoms with E-state index in [-0.39, 0.29) is 0 Å². The lowest BCUT2D eigenvalue weighted by Crippen LogP contribution is -2.13. The molecule has 0 saturated carbocycles. The van der Waals surface area contributed by atoms with Gasteiger partial charge < -0.3 is 4.90 Å². The molecule has 3 aromatic carbocycles. The molecular weight excluding hydrogens is 418 g/mol. The Hall–Kier alpha value is -3.70. The van der Waals surface area contributed by atoms with Crippen LogP contribution in [0, 0.1) is 0 Å². The highest BCUT2D eigenvalue weighted by atomic mass is 35.5. The molecule has 32 heavy (non-hydrogen) atoms. The van der Waals surface area contributed by atoms with Crippen molar-refractivity contribution < 1.29 is 0 Å². The summed E-state index contributed by atoms with van der Waals surface area (Å²) >= 11 is 6.27. The van der Waals surface area contributed by atoms with Crippen LogP contribution >= 0.6 is 11.6 Å². The Bertz CT molecular complexity index is 1450. The van der Waals surface area contributed by atoms with Crippen LogP contribution < -0.4 is 4.90 Å². The van der Waals surface area contributed by atoms with Gasteiger partial charge in [-0.1, -0.05) is 61.5 Å². The summed E-state index contributed by atoms with van der Waals surface area (Å²) < 4.78 is 1.85. The summed E-state index contributed by atoms with van der Waals surface area (Å²) in [6.07, 6.45) is 2.60. The summed E-state index contributed by atoms with van der Waals surface area (Å²) in [4.78, 5) is 6.85. The molecule has 0 radical (unpaired) electrons. The third kappa shape index (κ3) is 3.51. The SMILES string of the molecule is C=C(CC)c1ccc(-c2cccc(N(C)c3nc4nncn4c4cc(Cl)ccc34)c2)cc1. The summed E-state index contributed by atoms with van der Waals surface area (Å²) in [5, 5.41) is 9.80. The number of fused-ring (bicyclic) bond motifs is 3. The van der Waals surface area contributed by atoms with E-state index in [4.69, 9.17) is 16.6 Å². The molecule has 0 spiro atoms. The van der Waals surface area contributed by atoms with Gasteiger partial charge in [0.05, 0.1) is 5.52 Å². The number of hydrogen-bond acceptors (Lipinski definition) is 4. The van der Waals surface area contributed by atoms with E-state index < -0.39 is 0 Å². The van der Waals surface area contributed by atoms with E-state index in [1.807, 2.05) is 29.6 Å². The third-order valence-corrected chi connectivity index (χ3v) is 6.04. The predicted molar refractivity (Wildman–Crippen MR) is 133 cm³/mol. The molecule has 158 valence electrons. The molecule has 5 nitrogen and oxygen atoms in total. The second-order valence-electron chi connectivity index (χ2n) is 7.74. The Kier molecular flexibility index (Phi) is 5.11. The van der Waals surface area contributed by atoms with E-state index in [0.29, 0.717) is 10.8 Å². The number of halogens is 1. The summed E-state index contributed by atoms with van der Waals surface area (Å²) in [5.74, 6) is 1.33. The van der Waals surface area contributed by atoms with E-state index in [1.165, 1.54) is 5.56 Å². The van der Waals surface area contributed by atoms with Crippen molar-refractivity contribution in [2.45, 2.75) is 13.3 Å². The third-order valence-electron chi connectivity index (χ3n) is 5.80. The van der Waals surface area contributed by atoms with Crippen LogP contribution in [0.2, 0.25) is 5.02 Å². The maximum atomic E-state index is 6.27. The van der Waals surface area contributed by atoms with Crippen molar-refractivity contribution in [3.63, 3.8) is 0 Å². The molecular formula is C26H22ClN5. The van der Waals surface area contributed by atoms with E-state index in [1.54, 1.807) is 6.33 Å². The fraction of sp³-hybridized carbons (Fsp3) is 0.115. The monoisotopic (exact) mass is 439 g/mol. The second-order valence-corrected chi connectivity index (χ2v) is 8.18. The van der Waals surface area contributed by atoms with Crippen molar-refractivity contribution in [2.75, 3.05) is 11.9 Å². The van der Waals surface area contributed by atoms with Gasteiger partial charge in [-0.3, -0.25) is 4.40 Å². The first-order valence-electron chi connectivity index (χ1n) is 10.5. The molecule has 6 heteroatoms. The second kappa shape index (κ2) is 8.09. The van der Waals surface area contributed by atoms with Gasteiger partial charge >= 0.3 is 0 Å². The first-order valence-corrected chi connectivity index (χ1v) is 10.8. The molecule has 0 bridgehead atoms. The van der Waals surface area contributed by atoms with Gasteiger partial charge in [0.25, 0.3) is 5.78 Å². The Morgan fingerprint density at radius 3 is 2.62 bits per heavy atom. The van der Waals surface area contributed by atoms with Crippen molar-refractivity contribution in [3.8, 4) is 11.1 Å². The number of anilines is 2. The number of allylic oxidation sites excluding steroid dienone is 1. The minimum atomic E-state index is 0.532. The minimum absolute atomic E-state index is 0.532. The molecule has 0 aliphatic carbocycles. The summed E-state index contributed by atoms with van der Waals surface area (Å²) in [6.45, 7) is 6.25. The molecule has 5 rings (SSSR count). The average Bonchev–Trinajstić information content (AvgIpc) is 3.32. The van der Waals surface area contributed by atoms with Crippen LogP contribution in [0.3, 0.4) is 0 Å². The van der Waals surface area contributed by atoms with Crippen LogP contribution in [-0.2, 0) is 0 Å². The molecule has 5 aromatic rings. The number of hydrogen-bond donors (Lipinski definition) is 0. The lowest BCUT2D eigenvalue weighted by Gasteiger charge is -2.21. The van der Waals surface area contributed by atoms with Crippen LogP contribution in [0.15, 0.2) is 79.6 Å². The van der Waals surface area contributed by atoms with Crippen LogP contribution in [0.4, 0.5) is 11.5 Å². The van der Waals surface area contributed by atoms with Crippen molar-refractivity contribution >= 4 is 45.4 Å². The summed E-state index contributed by atoms with van der Waals surface area (Å²) in [6, 6.07) is 22.8. The highest BCUT2D eigenvalue weighted by Gasteiger charge is 2.15. The Labute approximate surface area is 191 Å². The summed E-state index contributed by atoms with van der Waals surface area (Å²) in [7, 11) is 2.01. The topological polar surface area (TPSA) is 46.3 Å². The lowest BCUT2D eigenvalue weighted by molar-refractivity contribution is 1.08. The van der Waals surface area contributed by atoms with Crippen LogP contribution in [0.1, 0.15) is 18.9 Å². The van der Waals surface area contributed by atoms with Gasteiger partial charge in [0, 0.05) is 23.1 Å². The smallest absolute Gasteiger partial charge is 0.257 e. The Morgan fingerprint density at radius 2 is 1.84 bits per heavy atom. The Balaban J connectivity index is 1.57. The highest BCUT2D eigenvalue weighted by molar-refractivity contribution is 6.31. The average molecular weight is 440 g/mol. The molecule has 0 unspecified atom stereocenters. The fourth-order valence-corrected chi connectivity index (χ4v) is 4.06. The number of rotatable bonds is 5. The van der Waals surface area contributed by atoms with Crippen molar-refractivity contribution in [1.82, 2.24) is 19.6 Å². The first-order chi connectivity index (χ1) is 15.5. The van der Waals surface area contributed by atoms with Crippen molar-refractivity contribution in [2.24, 2.45) is 0 Å². The summed E-state index contributed by atoms with van der Waals surface area (Å²) in [5.41, 5.74) is 6.56. The zero-order chi connectivity index (χ0) is 22.2. The number of benzene rings is 3. The van der Waals surface area contributed by atoms with E-state index in [0.717, 1.165) is 45.5 Å². The minimum Gasteiger partial charge on any atom is -0.329 e. The molecule has 0 aliphatic rings. The van der Waals surface area contributed by atoms with Gasteiger partial charge in [-0.15, -0.1) is 10.2 Å². The van der Waals surface area contributed by atoms with Gasteiger partial charge in [0.2, 0.25) is 0 Å². The quantitative estimate of drug-likeness (QED) is 0.302. The van der Waals surface area contributed by atoms with Crippen LogP contribution in [0.25, 0.3) is 33.4 Å². The molecule has 0 fully saturated rings. The molecule has 0 saturated heterocycles. The number of aromatic nitrogens is 4. The van der Waals surface area contributed by atoms with Crippen molar-refractivity contribution in [3.05, 3.63) is 90.2 Å². The molecule has 0 amide bonds. The molecule has 2 heterocycles. The fourth-order valence-electron chi connectivity index (χ4n) is 3.90. The maximum Gasteiger partial charge on any atom is 0.257 e. The Morgan fingerprint density at radius 1 is 1.03 bits per heavy atom. The van der Waals surface area contributed by atoms with Gasteiger partial charge in [0.15, 0.2) is 0 Å².